The van der Waals surface area contributed by atoms with Crippen LogP contribution in [0, 0.1) is 11.8 Å². The fraction of sp³-hybridized carbons (Fsp3) is 0.543. The summed E-state index contributed by atoms with van der Waals surface area (Å²) in [6.07, 6.45) is -1.12. The zero-order valence-electron chi connectivity index (χ0n) is 40.7. The van der Waals surface area contributed by atoms with Crippen molar-refractivity contribution in [3.05, 3.63) is 52.2 Å². The van der Waals surface area contributed by atoms with E-state index >= 15 is 0 Å². The van der Waals surface area contributed by atoms with Crippen molar-refractivity contribution in [2.24, 2.45) is 29.0 Å². The molecule has 7 atom stereocenters. The highest BCUT2D eigenvalue weighted by Gasteiger charge is 2.38. The van der Waals surface area contributed by atoms with Gasteiger partial charge in [0.25, 0.3) is 0 Å². The smallest absolute Gasteiger partial charge is 0.243 e. The Balaban J connectivity index is 2.07. The highest BCUT2D eigenvalue weighted by atomic mass is 33.1. The first-order valence-corrected chi connectivity index (χ1v) is 26.7. The quantitative estimate of drug-likeness (QED) is 0.0506. The monoisotopic (exact) mass is 1060 g/mol. The fourth-order valence-corrected chi connectivity index (χ4v) is 10.0. The number of Topliss-reactive ketones (excluding diaryl/α,β-unsaturated/α-hetero) is 2. The van der Waals surface area contributed by atoms with Crippen molar-refractivity contribution in [3.8, 4) is 5.75 Å². The van der Waals surface area contributed by atoms with Gasteiger partial charge in [0.15, 0.2) is 0 Å². The number of nitrogens with one attached hydrogen (secondary N) is 7. The van der Waals surface area contributed by atoms with Crippen LogP contribution in [0.3, 0.4) is 0 Å². The van der Waals surface area contributed by atoms with Gasteiger partial charge in [-0.05, 0) is 60.2 Å². The minimum Gasteiger partial charge on any atom is -0.508 e. The number of hydrogen-bond donors (Lipinski definition) is 11. The molecule has 26 heteroatoms. The second-order valence-corrected chi connectivity index (χ2v) is 21.3. The summed E-state index contributed by atoms with van der Waals surface area (Å²) in [6, 6.07) is 1.08. The van der Waals surface area contributed by atoms with Gasteiger partial charge < -0.3 is 53.8 Å². The van der Waals surface area contributed by atoms with E-state index in [1.165, 1.54) is 39.2 Å². The van der Waals surface area contributed by atoms with Crippen LogP contribution >= 0.6 is 32.9 Å². The lowest BCUT2D eigenvalue weighted by Gasteiger charge is -2.30. The first-order valence-electron chi connectivity index (χ1n) is 23.3. The zero-order valence-corrected chi connectivity index (χ0v) is 43.1. The summed E-state index contributed by atoms with van der Waals surface area (Å²) in [5, 5.41) is 24.6. The normalized spacial score (nSPS) is 20.7. The van der Waals surface area contributed by atoms with Crippen LogP contribution in [0.25, 0.3) is 0 Å². The standard InChI is InChI=1S/C46H67N11O12S3/c1-5-26(4)40-45(68)53-30(12-13-35(47)59)41(64)42(65)31(21-36(48)60)55-56-34(24-72-71-18-15-38(62)51-33(44(67)54-40)20-27-8-10-28(58)11-9-27)46(69)57(16-14-29-7-6-17-70-29)23-39(63)52-32(19-25(2)3)43(66)50-22-37(49)61/h6-11,17,25-26,30-34,40,55-56,58H,5,12-16,18-24H2,1-4H3,(H2,47,59)(H2,48,60)(H2,49,61)(H,50,66)(H,51,62)(H,52,63)(H,53,68)(H,54,67)/t26-,30-,31-,32-,33-,34-,40-/m0/s1. The van der Waals surface area contributed by atoms with Gasteiger partial charge in [0.1, 0.15) is 29.9 Å². The van der Waals surface area contributed by atoms with Crippen LogP contribution in [0.5, 0.6) is 5.75 Å². The summed E-state index contributed by atoms with van der Waals surface area (Å²) in [5.41, 5.74) is 22.1. The van der Waals surface area contributed by atoms with E-state index < -0.39 is 139 Å². The van der Waals surface area contributed by atoms with Crippen LogP contribution in [0.1, 0.15) is 76.7 Å². The minimum absolute atomic E-state index is 0.0223. The van der Waals surface area contributed by atoms with Gasteiger partial charge in [0.2, 0.25) is 64.7 Å². The van der Waals surface area contributed by atoms with Gasteiger partial charge in [-0.1, -0.05) is 73.9 Å². The van der Waals surface area contributed by atoms with E-state index in [1.54, 1.807) is 26.0 Å². The van der Waals surface area contributed by atoms with Crippen LogP contribution in [-0.4, -0.2) is 142 Å². The molecule has 396 valence electrons. The van der Waals surface area contributed by atoms with Gasteiger partial charge in [-0.2, -0.15) is 0 Å². The van der Waals surface area contributed by atoms with E-state index in [0.29, 0.717) is 18.4 Å². The lowest BCUT2D eigenvalue weighted by atomic mass is 9.94. The highest BCUT2D eigenvalue weighted by molar-refractivity contribution is 8.76. The molecule has 0 bridgehead atoms. The van der Waals surface area contributed by atoms with E-state index in [9.17, 15) is 57.8 Å². The van der Waals surface area contributed by atoms with Crippen LogP contribution in [0.15, 0.2) is 41.8 Å². The Labute approximate surface area is 429 Å². The van der Waals surface area contributed by atoms with Gasteiger partial charge in [-0.15, -0.1) is 11.3 Å². The van der Waals surface area contributed by atoms with Crippen molar-refractivity contribution in [2.45, 2.75) is 115 Å². The second kappa shape index (κ2) is 30.7. The van der Waals surface area contributed by atoms with Crippen LogP contribution in [0.4, 0.5) is 0 Å². The van der Waals surface area contributed by atoms with Crippen molar-refractivity contribution in [2.75, 3.05) is 31.1 Å². The molecule has 23 nitrogen and oxygen atoms in total. The van der Waals surface area contributed by atoms with E-state index in [2.05, 4.69) is 37.4 Å². The summed E-state index contributed by atoms with van der Waals surface area (Å²) in [5.74, 6) is -10.3. The van der Waals surface area contributed by atoms with Crippen LogP contribution in [-0.2, 0) is 65.6 Å². The Hall–Kier alpha value is -6.09. The van der Waals surface area contributed by atoms with E-state index in [0.717, 1.165) is 15.7 Å². The molecule has 3 rings (SSSR count). The number of phenols is 1. The molecule has 9 amide bonds. The number of hydrogen-bond acceptors (Lipinski definition) is 17. The molecule has 0 aliphatic carbocycles. The maximum absolute atomic E-state index is 14.7. The number of carbonyl (C=O) groups is 11. The molecule has 1 aliphatic rings. The van der Waals surface area contributed by atoms with Gasteiger partial charge in [-0.25, -0.2) is 10.9 Å². The topological polar surface area (TPSA) is 374 Å². The predicted octanol–water partition coefficient (Wildman–Crippen LogP) is -1.40. The molecule has 2 aromatic rings. The molecule has 1 aromatic heterocycles. The highest BCUT2D eigenvalue weighted by Crippen LogP contribution is 2.24. The number of amides is 9. The number of nitrogens with two attached hydrogens (primary N) is 3. The predicted molar refractivity (Wildman–Crippen MR) is 271 cm³/mol. The average molecular weight is 1060 g/mol. The third kappa shape index (κ3) is 21.3. The third-order valence-electron chi connectivity index (χ3n) is 11.2. The van der Waals surface area contributed by atoms with Gasteiger partial charge in [-0.3, -0.25) is 52.7 Å². The molecule has 0 spiro atoms. The molecular weight excluding hydrogens is 995 g/mol. The number of nitrogens with zero attached hydrogens (tertiary/aromatic N) is 1. The molecule has 0 radical (unpaired) electrons. The minimum atomic E-state index is -1.76. The number of primary amides is 3. The summed E-state index contributed by atoms with van der Waals surface area (Å²) < 4.78 is 0. The largest absolute Gasteiger partial charge is 0.508 e. The van der Waals surface area contributed by atoms with E-state index in [-0.39, 0.29) is 49.0 Å². The summed E-state index contributed by atoms with van der Waals surface area (Å²) in [7, 11) is 2.29. The lowest BCUT2D eigenvalue weighted by molar-refractivity contribution is -0.142. The van der Waals surface area contributed by atoms with Gasteiger partial charge in [0, 0.05) is 42.2 Å². The molecule has 1 aromatic carbocycles. The SMILES string of the molecule is CC[C@H](C)[C@@H]1NC(=O)[C@H](Cc2ccc(O)cc2)NC(=O)CCSSC[C@@H](C(=O)N(CCc2cccs2)CC(=O)N[C@@H](CC(C)C)C(=O)NCC(N)=O)NN[C@@H](CC(N)=O)C(=O)C(=O)[C@H](CCC(N)=O)NC1=O. The van der Waals surface area contributed by atoms with Gasteiger partial charge >= 0.3 is 0 Å². The second-order valence-electron chi connectivity index (χ2n) is 17.6. The Morgan fingerprint density at radius 1 is 0.833 bits per heavy atom. The molecule has 0 unspecified atom stereocenters. The van der Waals surface area contributed by atoms with Crippen molar-refractivity contribution in [1.82, 2.24) is 42.3 Å². The van der Waals surface area contributed by atoms with Crippen molar-refractivity contribution in [3.63, 3.8) is 0 Å². The summed E-state index contributed by atoms with van der Waals surface area (Å²) >= 11 is 1.41. The van der Waals surface area contributed by atoms with Crippen LogP contribution in [0.2, 0.25) is 0 Å². The van der Waals surface area contributed by atoms with Crippen LogP contribution < -0.4 is 54.6 Å². The third-order valence-corrected chi connectivity index (χ3v) is 14.6. The number of hydrazine groups is 1. The summed E-state index contributed by atoms with van der Waals surface area (Å²) in [4.78, 5) is 149. The Bertz CT molecular complexity index is 2220. The average Bonchev–Trinajstić information content (AvgIpc) is 3.85. The maximum Gasteiger partial charge on any atom is 0.243 e. The van der Waals surface area contributed by atoms with Gasteiger partial charge in [0.05, 0.1) is 31.6 Å². The molecule has 72 heavy (non-hydrogen) atoms. The molecule has 14 N–H and O–H groups in total. The number of thiophene rings is 1. The molecule has 1 aliphatic heterocycles. The zero-order chi connectivity index (χ0) is 53.5. The molecule has 1 fully saturated rings. The number of rotatable bonds is 21. The van der Waals surface area contributed by atoms with Crippen molar-refractivity contribution >= 4 is 97.7 Å². The molecular formula is C46H67N11O12S3. The maximum atomic E-state index is 14.7. The number of carbonyl (C=O) groups excluding carboxylic acids is 11. The Morgan fingerprint density at radius 2 is 1.53 bits per heavy atom. The molecule has 0 saturated carbocycles. The van der Waals surface area contributed by atoms with Crippen molar-refractivity contribution in [1.29, 1.82) is 0 Å². The Kier molecular flexibility index (Phi) is 25.7. The fourth-order valence-electron chi connectivity index (χ4n) is 7.16. The number of aromatic hydroxyl groups is 1. The van der Waals surface area contributed by atoms with E-state index in [4.69, 9.17) is 17.2 Å². The molecule has 2 heterocycles. The summed E-state index contributed by atoms with van der Waals surface area (Å²) in [6.45, 7) is 5.97. The number of ketones is 2. The number of phenolic OH excluding ortho intramolecular Hbond substituents is 1. The first-order chi connectivity index (χ1) is 34.1. The number of benzene rings is 1. The molecule has 1 saturated heterocycles. The lowest BCUT2D eigenvalue weighted by Crippen LogP contribution is -2.61. The van der Waals surface area contributed by atoms with Crippen molar-refractivity contribution < 1.29 is 57.8 Å². The Morgan fingerprint density at radius 3 is 2.14 bits per heavy atom. The first kappa shape index (κ1) is 60.2. The van der Waals surface area contributed by atoms with E-state index in [1.807, 2.05) is 31.4 Å².